The summed E-state index contributed by atoms with van der Waals surface area (Å²) in [5, 5.41) is 27.3. The standard InChI is InChI=1S/C20H38N4O10S9/c25-1-3-29-19(27)23-9-37-15-41-14-36-8-22-6-33-34-12-40-18-43-17-39-11-30-20(28)24-10-38-16-42-13-35-7-21-5-32-31-4-2-26/h5-6,25-26H,1-4,7-18H2,(H,23,27)(H,24,28)/b21-5+,22-6+. The number of carbonyl (C=O) groups is 2. The number of hydrogen-bond donors (Lipinski definition) is 4. The fraction of sp³-hybridized carbons (Fsp3) is 0.800. The van der Waals surface area contributed by atoms with E-state index in [4.69, 9.17) is 24.7 Å². The van der Waals surface area contributed by atoms with Gasteiger partial charge in [-0.05, 0) is 0 Å². The summed E-state index contributed by atoms with van der Waals surface area (Å²) in [5.74, 6) is 2.72. The van der Waals surface area contributed by atoms with E-state index in [1.807, 2.05) is 0 Å². The molecule has 4 N–H and O–H groups in total. The van der Waals surface area contributed by atoms with E-state index >= 15 is 0 Å². The van der Waals surface area contributed by atoms with Crippen molar-refractivity contribution in [3.8, 4) is 0 Å². The van der Waals surface area contributed by atoms with Crippen LogP contribution < -0.4 is 10.6 Å². The van der Waals surface area contributed by atoms with Crippen LogP contribution in [0.4, 0.5) is 9.59 Å². The van der Waals surface area contributed by atoms with Gasteiger partial charge in [-0.1, -0.05) is 0 Å². The fourth-order valence-electron chi connectivity index (χ4n) is 1.67. The van der Waals surface area contributed by atoms with E-state index in [1.165, 1.54) is 24.6 Å². The van der Waals surface area contributed by atoms with Crippen LogP contribution in [0.2, 0.25) is 0 Å². The number of alkyl carbamates (subject to hydrolysis) is 2. The Morgan fingerprint density at radius 2 is 1.07 bits per heavy atom. The molecule has 252 valence electrons. The van der Waals surface area contributed by atoms with E-state index in [-0.39, 0.29) is 26.4 Å². The molecular formula is C20H38N4O10S9. The minimum Gasteiger partial charge on any atom is -0.447 e. The van der Waals surface area contributed by atoms with Gasteiger partial charge in [-0.3, -0.25) is 0 Å². The molecule has 0 atom stereocenters. The summed E-state index contributed by atoms with van der Waals surface area (Å²) in [7, 11) is 0. The maximum absolute atomic E-state index is 11.7. The molecule has 0 aliphatic heterocycles. The zero-order chi connectivity index (χ0) is 31.3. The molecule has 43 heavy (non-hydrogen) atoms. The van der Waals surface area contributed by atoms with Crippen LogP contribution in [0, 0.1) is 0 Å². The highest BCUT2D eigenvalue weighted by molar-refractivity contribution is 8.23. The maximum atomic E-state index is 11.7. The van der Waals surface area contributed by atoms with E-state index < -0.39 is 12.2 Å². The second-order valence-corrected chi connectivity index (χ2v) is 17.3. The zero-order valence-corrected chi connectivity index (χ0v) is 30.5. The monoisotopic (exact) mass is 782 g/mol. The summed E-state index contributed by atoms with van der Waals surface area (Å²) in [6, 6.07) is 0. The number of hydrogen-bond acceptors (Lipinski definition) is 21. The number of rotatable bonds is 32. The van der Waals surface area contributed by atoms with Crippen molar-refractivity contribution in [3.05, 3.63) is 0 Å². The van der Waals surface area contributed by atoms with Gasteiger partial charge in [0.25, 0.3) is 0 Å². The van der Waals surface area contributed by atoms with Gasteiger partial charge >= 0.3 is 12.2 Å². The van der Waals surface area contributed by atoms with Crippen molar-refractivity contribution in [2.75, 3.05) is 92.3 Å². The van der Waals surface area contributed by atoms with E-state index in [0.717, 1.165) is 30.5 Å². The van der Waals surface area contributed by atoms with E-state index in [0.29, 0.717) is 35.4 Å². The molecule has 0 saturated heterocycles. The second-order valence-electron chi connectivity index (χ2n) is 6.40. The molecule has 0 heterocycles. The predicted molar refractivity (Wildman–Crippen MR) is 191 cm³/mol. The molecule has 0 aromatic rings. The molecule has 0 spiro atoms. The quantitative estimate of drug-likeness (QED) is 0.0187. The third kappa shape index (κ3) is 38.6. The molecule has 0 saturated carbocycles. The van der Waals surface area contributed by atoms with Gasteiger partial charge in [0.2, 0.25) is 12.8 Å². The first-order valence-corrected chi connectivity index (χ1v) is 22.4. The van der Waals surface area contributed by atoms with Gasteiger partial charge in [-0.15, -0.1) is 106 Å². The van der Waals surface area contributed by atoms with Crippen LogP contribution in [0.5, 0.6) is 0 Å². The first-order valence-electron chi connectivity index (χ1n) is 12.0. The van der Waals surface area contributed by atoms with Gasteiger partial charge in [-0.2, -0.15) is 9.78 Å². The van der Waals surface area contributed by atoms with Crippen LogP contribution >= 0.6 is 106 Å². The van der Waals surface area contributed by atoms with Crippen molar-refractivity contribution in [1.82, 2.24) is 10.6 Å². The molecule has 14 nitrogen and oxygen atoms in total. The topological polar surface area (TPSA) is 179 Å². The Hall–Kier alpha value is 0.470. The Morgan fingerprint density at radius 3 is 1.65 bits per heavy atom. The van der Waals surface area contributed by atoms with Gasteiger partial charge in [0.15, 0.2) is 0 Å². The minimum atomic E-state index is -0.527. The molecule has 0 aromatic heterocycles. The van der Waals surface area contributed by atoms with Crippen LogP contribution in [-0.4, -0.2) is 128 Å². The first kappa shape index (κ1) is 43.5. The van der Waals surface area contributed by atoms with Crippen LogP contribution in [-0.2, 0) is 29.0 Å². The van der Waals surface area contributed by atoms with Gasteiger partial charge in [0, 0.05) is 30.5 Å². The number of aliphatic imine (C=N–C) groups is 2. The predicted octanol–water partition coefficient (Wildman–Crippen LogP) is 4.47. The SMILES string of the molecule is O=C(NCSCSCSC/N=C/OOCSCSCSCOC(=O)NCSCSCSC/N=C/OOCCO)OCCO. The summed E-state index contributed by atoms with van der Waals surface area (Å²) >= 11 is 14.6. The molecule has 23 heteroatoms. The van der Waals surface area contributed by atoms with Gasteiger partial charge < -0.3 is 40.1 Å². The minimum absolute atomic E-state index is 0.00149. The summed E-state index contributed by atoms with van der Waals surface area (Å²) in [6.07, 6.45) is 1.54. The first-order chi connectivity index (χ1) is 21.2. The van der Waals surface area contributed by atoms with Crippen molar-refractivity contribution in [3.63, 3.8) is 0 Å². The molecule has 0 aromatic carbocycles. The van der Waals surface area contributed by atoms with Crippen molar-refractivity contribution in [2.24, 2.45) is 9.98 Å². The van der Waals surface area contributed by atoms with E-state index in [1.54, 1.807) is 94.1 Å². The molecule has 2 amide bonds. The number of ether oxygens (including phenoxy) is 2. The molecule has 0 rings (SSSR count). The highest BCUT2D eigenvalue weighted by Gasteiger charge is 2.02. The Balaban J connectivity index is 3.24. The molecule has 0 radical (unpaired) electrons. The Labute approximate surface area is 290 Å². The average Bonchev–Trinajstić information content (AvgIpc) is 3.01. The van der Waals surface area contributed by atoms with Crippen molar-refractivity contribution in [2.45, 2.75) is 0 Å². The number of carbonyl (C=O) groups excluding carboxylic acids is 2. The van der Waals surface area contributed by atoms with Gasteiger partial charge in [0.05, 0.1) is 36.7 Å². The molecule has 0 bridgehead atoms. The van der Waals surface area contributed by atoms with Crippen LogP contribution in [0.15, 0.2) is 9.98 Å². The number of amides is 2. The number of nitrogens with one attached hydrogen (secondary N) is 2. The lowest BCUT2D eigenvalue weighted by Gasteiger charge is -2.06. The highest BCUT2D eigenvalue weighted by Crippen LogP contribution is 2.19. The van der Waals surface area contributed by atoms with E-state index in [2.05, 4.69) is 35.1 Å². The van der Waals surface area contributed by atoms with Crippen molar-refractivity contribution in [1.29, 1.82) is 0 Å². The van der Waals surface area contributed by atoms with Crippen molar-refractivity contribution >= 4 is 131 Å². The molecule has 0 aliphatic rings. The Kier molecular flexibility index (Phi) is 39.1. The Morgan fingerprint density at radius 1 is 0.581 bits per heavy atom. The lowest BCUT2D eigenvalue weighted by atomic mass is 10.8. The zero-order valence-electron chi connectivity index (χ0n) is 23.2. The second kappa shape index (κ2) is 38.7. The highest BCUT2D eigenvalue weighted by atomic mass is 32.2. The Bertz CT molecular complexity index is 697. The summed E-state index contributed by atoms with van der Waals surface area (Å²) in [5.41, 5.74) is 0. The van der Waals surface area contributed by atoms with Crippen LogP contribution in [0.25, 0.3) is 0 Å². The number of aliphatic hydroxyl groups is 2. The van der Waals surface area contributed by atoms with Gasteiger partial charge in [0.1, 0.15) is 25.1 Å². The van der Waals surface area contributed by atoms with E-state index in [9.17, 15) is 9.59 Å². The largest absolute Gasteiger partial charge is 0.447 e. The lowest BCUT2D eigenvalue weighted by Crippen LogP contribution is -2.24. The maximum Gasteiger partial charge on any atom is 0.408 e. The summed E-state index contributed by atoms with van der Waals surface area (Å²) in [6.45, 7) is -0.179. The van der Waals surface area contributed by atoms with Crippen LogP contribution in [0.3, 0.4) is 0 Å². The smallest absolute Gasteiger partial charge is 0.408 e. The number of thioether (sulfide) groups is 9. The average molecular weight is 783 g/mol. The molecule has 0 fully saturated rings. The summed E-state index contributed by atoms with van der Waals surface area (Å²) < 4.78 is 9.80. The molecular weight excluding hydrogens is 745 g/mol. The lowest BCUT2D eigenvalue weighted by molar-refractivity contribution is -0.221. The van der Waals surface area contributed by atoms with Crippen LogP contribution in [0.1, 0.15) is 0 Å². The molecule has 0 aliphatic carbocycles. The normalized spacial score (nSPS) is 11.2. The fourth-order valence-corrected chi connectivity index (χ4v) is 10.0. The number of nitrogens with zero attached hydrogens (tertiary/aromatic N) is 2. The van der Waals surface area contributed by atoms with Crippen molar-refractivity contribution < 1.29 is 48.8 Å². The third-order valence-electron chi connectivity index (χ3n) is 3.24. The number of aliphatic hydroxyl groups excluding tert-OH is 2. The third-order valence-corrected chi connectivity index (χ3v) is 13.2. The molecule has 0 unspecified atom stereocenters. The summed E-state index contributed by atoms with van der Waals surface area (Å²) in [4.78, 5) is 50.0. The van der Waals surface area contributed by atoms with Gasteiger partial charge in [-0.25, -0.2) is 19.6 Å².